The normalized spacial score (nSPS) is 10.4. The van der Waals surface area contributed by atoms with Crippen molar-refractivity contribution >= 4 is 11.0 Å². The first-order chi connectivity index (χ1) is 5.79. The largest absolute Gasteiger partial charge is 0.348 e. The smallest absolute Gasteiger partial charge is 0.279 e. The van der Waals surface area contributed by atoms with E-state index in [9.17, 15) is 4.79 Å². The summed E-state index contributed by atoms with van der Waals surface area (Å²) in [4.78, 5) is 18.8. The van der Waals surface area contributed by atoms with Crippen molar-refractivity contribution in [1.82, 2.24) is 14.5 Å². The Morgan fingerprint density at radius 3 is 3.08 bits per heavy atom. The van der Waals surface area contributed by atoms with Gasteiger partial charge in [0.25, 0.3) is 0 Å². The molecule has 0 saturated carbocycles. The summed E-state index contributed by atoms with van der Waals surface area (Å²) < 4.78 is 1.43. The summed E-state index contributed by atoms with van der Waals surface area (Å²) in [5.74, 6) is 0. The molecule has 4 nitrogen and oxygen atoms in total. The lowest BCUT2D eigenvalue weighted by Gasteiger charge is -1.99. The predicted molar refractivity (Wildman–Crippen MR) is 44.8 cm³/mol. The zero-order valence-corrected chi connectivity index (χ0v) is 6.56. The Bertz CT molecular complexity index is 475. The van der Waals surface area contributed by atoms with Crippen LogP contribution in [0.2, 0.25) is 0 Å². The van der Waals surface area contributed by atoms with E-state index < -0.39 is 0 Å². The second kappa shape index (κ2) is 2.41. The molecule has 0 atom stereocenters. The lowest BCUT2D eigenvalue weighted by Crippen LogP contribution is -2.19. The molecule has 0 fully saturated rings. The SMILES string of the molecule is Cn1c(=O)ncc2cccnc21. The molecule has 0 aromatic carbocycles. The number of pyridine rings is 1. The molecule has 0 aliphatic heterocycles. The highest BCUT2D eigenvalue weighted by molar-refractivity contribution is 5.73. The number of nitrogens with zero attached hydrogens (tertiary/aromatic N) is 3. The van der Waals surface area contributed by atoms with E-state index in [0.717, 1.165) is 5.39 Å². The van der Waals surface area contributed by atoms with Crippen LogP contribution in [0.4, 0.5) is 0 Å². The average molecular weight is 161 g/mol. The molecular weight excluding hydrogens is 154 g/mol. The highest BCUT2D eigenvalue weighted by atomic mass is 16.1. The Morgan fingerprint density at radius 1 is 1.42 bits per heavy atom. The van der Waals surface area contributed by atoms with E-state index in [0.29, 0.717) is 5.65 Å². The van der Waals surface area contributed by atoms with Crippen LogP contribution in [0.15, 0.2) is 29.3 Å². The van der Waals surface area contributed by atoms with Crippen LogP contribution in [0.3, 0.4) is 0 Å². The van der Waals surface area contributed by atoms with E-state index in [-0.39, 0.29) is 5.69 Å². The molecule has 2 aromatic heterocycles. The third-order valence-corrected chi connectivity index (χ3v) is 1.74. The van der Waals surface area contributed by atoms with E-state index in [1.807, 2.05) is 12.1 Å². The van der Waals surface area contributed by atoms with Gasteiger partial charge in [-0.25, -0.2) is 14.8 Å². The second-order valence-electron chi connectivity index (χ2n) is 2.52. The third kappa shape index (κ3) is 0.887. The van der Waals surface area contributed by atoms with Crippen LogP contribution < -0.4 is 5.69 Å². The first-order valence-corrected chi connectivity index (χ1v) is 3.56. The van der Waals surface area contributed by atoms with Crippen molar-refractivity contribution < 1.29 is 0 Å². The topological polar surface area (TPSA) is 47.8 Å². The molecule has 0 radical (unpaired) electrons. The summed E-state index contributed by atoms with van der Waals surface area (Å²) >= 11 is 0. The van der Waals surface area contributed by atoms with Gasteiger partial charge in [0.2, 0.25) is 0 Å². The molecule has 0 aliphatic rings. The van der Waals surface area contributed by atoms with Crippen LogP contribution in [0.25, 0.3) is 11.0 Å². The summed E-state index contributed by atoms with van der Waals surface area (Å²) in [7, 11) is 1.66. The minimum atomic E-state index is -0.277. The van der Waals surface area contributed by atoms with Gasteiger partial charge < -0.3 is 0 Å². The van der Waals surface area contributed by atoms with E-state index in [2.05, 4.69) is 9.97 Å². The summed E-state index contributed by atoms with van der Waals surface area (Å²) in [6.45, 7) is 0. The van der Waals surface area contributed by atoms with Crippen LogP contribution in [0.1, 0.15) is 0 Å². The second-order valence-corrected chi connectivity index (χ2v) is 2.52. The number of hydrogen-bond acceptors (Lipinski definition) is 3. The molecule has 0 spiro atoms. The highest BCUT2D eigenvalue weighted by Gasteiger charge is 1.98. The molecule has 12 heavy (non-hydrogen) atoms. The summed E-state index contributed by atoms with van der Waals surface area (Å²) in [6, 6.07) is 3.68. The van der Waals surface area contributed by atoms with Crippen molar-refractivity contribution in [2.45, 2.75) is 0 Å². The quantitative estimate of drug-likeness (QED) is 0.559. The fraction of sp³-hybridized carbons (Fsp3) is 0.125. The zero-order chi connectivity index (χ0) is 8.55. The maximum absolute atomic E-state index is 11.0. The van der Waals surface area contributed by atoms with Crippen LogP contribution in [0, 0.1) is 0 Å². The Balaban J connectivity index is 3.01. The molecule has 0 unspecified atom stereocenters. The van der Waals surface area contributed by atoms with Crippen molar-refractivity contribution in [3.63, 3.8) is 0 Å². The van der Waals surface area contributed by atoms with Gasteiger partial charge in [-0.3, -0.25) is 4.57 Å². The molecule has 0 aliphatic carbocycles. The molecule has 2 heterocycles. The lowest BCUT2D eigenvalue weighted by molar-refractivity contribution is 0.838. The summed E-state index contributed by atoms with van der Waals surface area (Å²) in [5, 5.41) is 0.875. The maximum atomic E-state index is 11.0. The van der Waals surface area contributed by atoms with Gasteiger partial charge in [0, 0.05) is 24.8 Å². The number of fused-ring (bicyclic) bond motifs is 1. The maximum Gasteiger partial charge on any atom is 0.348 e. The van der Waals surface area contributed by atoms with E-state index in [1.165, 1.54) is 10.8 Å². The number of aromatic nitrogens is 3. The Hall–Kier alpha value is -1.71. The highest BCUT2D eigenvalue weighted by Crippen LogP contribution is 2.03. The Labute approximate surface area is 68.5 Å². The van der Waals surface area contributed by atoms with Gasteiger partial charge in [0.05, 0.1) is 0 Å². The van der Waals surface area contributed by atoms with Crippen LogP contribution in [0.5, 0.6) is 0 Å². The van der Waals surface area contributed by atoms with Gasteiger partial charge in [-0.2, -0.15) is 0 Å². The number of hydrogen-bond donors (Lipinski definition) is 0. The van der Waals surface area contributed by atoms with Crippen molar-refractivity contribution in [2.75, 3.05) is 0 Å². The number of rotatable bonds is 0. The van der Waals surface area contributed by atoms with E-state index >= 15 is 0 Å². The van der Waals surface area contributed by atoms with E-state index in [1.54, 1.807) is 13.2 Å². The third-order valence-electron chi connectivity index (χ3n) is 1.74. The Morgan fingerprint density at radius 2 is 2.25 bits per heavy atom. The molecule has 0 N–H and O–H groups in total. The van der Waals surface area contributed by atoms with Gasteiger partial charge >= 0.3 is 5.69 Å². The van der Waals surface area contributed by atoms with Crippen molar-refractivity contribution in [3.8, 4) is 0 Å². The predicted octanol–water partition coefficient (Wildman–Crippen LogP) is 0.328. The molecular formula is C8H7N3O. The van der Waals surface area contributed by atoms with Crippen molar-refractivity contribution in [1.29, 1.82) is 0 Å². The monoisotopic (exact) mass is 161 g/mol. The molecule has 2 aromatic rings. The lowest BCUT2D eigenvalue weighted by atomic mass is 10.3. The molecule has 2 rings (SSSR count). The minimum absolute atomic E-state index is 0.277. The van der Waals surface area contributed by atoms with Gasteiger partial charge in [0.1, 0.15) is 5.65 Å². The van der Waals surface area contributed by atoms with E-state index in [4.69, 9.17) is 0 Å². The average Bonchev–Trinajstić information content (AvgIpc) is 2.12. The molecule has 4 heteroatoms. The fourth-order valence-corrected chi connectivity index (χ4v) is 1.09. The van der Waals surface area contributed by atoms with Crippen LogP contribution in [-0.2, 0) is 7.05 Å². The van der Waals surface area contributed by atoms with Crippen molar-refractivity contribution in [3.05, 3.63) is 35.0 Å². The first kappa shape index (κ1) is 6.97. The fourth-order valence-electron chi connectivity index (χ4n) is 1.09. The number of aryl methyl sites for hydroxylation is 1. The summed E-state index contributed by atoms with van der Waals surface area (Å²) in [5.41, 5.74) is 0.388. The van der Waals surface area contributed by atoms with Gasteiger partial charge in [-0.1, -0.05) is 0 Å². The standard InChI is InChI=1S/C8H7N3O/c1-11-7-6(3-2-4-9-7)5-10-8(11)12/h2-5H,1H3. The van der Waals surface area contributed by atoms with Gasteiger partial charge in [-0.15, -0.1) is 0 Å². The zero-order valence-electron chi connectivity index (χ0n) is 6.56. The molecule has 0 saturated heterocycles. The molecule has 0 amide bonds. The minimum Gasteiger partial charge on any atom is -0.279 e. The Kier molecular flexibility index (Phi) is 1.40. The van der Waals surface area contributed by atoms with Crippen LogP contribution >= 0.6 is 0 Å². The summed E-state index contributed by atoms with van der Waals surface area (Å²) in [6.07, 6.45) is 3.19. The first-order valence-electron chi connectivity index (χ1n) is 3.56. The van der Waals surface area contributed by atoms with Crippen molar-refractivity contribution in [2.24, 2.45) is 7.05 Å². The van der Waals surface area contributed by atoms with Gasteiger partial charge in [0.15, 0.2) is 0 Å². The van der Waals surface area contributed by atoms with Gasteiger partial charge in [-0.05, 0) is 12.1 Å². The molecule has 60 valence electrons. The van der Waals surface area contributed by atoms with Crippen LogP contribution in [-0.4, -0.2) is 14.5 Å². The molecule has 0 bridgehead atoms.